The molecule has 1 aromatic carbocycles. The van der Waals surface area contributed by atoms with Crippen LogP contribution in [0.2, 0.25) is 0 Å². The normalized spacial score (nSPS) is 13.7. The van der Waals surface area contributed by atoms with Crippen molar-refractivity contribution in [3.8, 4) is 23.5 Å². The molecule has 0 radical (unpaired) electrons. The number of para-hydroxylation sites is 1. The summed E-state index contributed by atoms with van der Waals surface area (Å²) in [5.41, 5.74) is 0.196. The lowest BCUT2D eigenvalue weighted by Crippen LogP contribution is -2.48. The number of hydrogen-bond donors (Lipinski definition) is 0. The molecular weight excluding hydrogens is 440 g/mol. The molecule has 4 heterocycles. The van der Waals surface area contributed by atoms with Gasteiger partial charge in [-0.2, -0.15) is 10.2 Å². The largest absolute Gasteiger partial charge is 0.486 e. The van der Waals surface area contributed by atoms with Gasteiger partial charge in [-0.25, -0.2) is 0 Å². The molecule has 8 nitrogen and oxygen atoms in total. The number of aromatic nitrogens is 1. The molecule has 4 aromatic rings. The number of piperazine rings is 1. The number of rotatable bonds is 6. The van der Waals surface area contributed by atoms with E-state index in [1.165, 1.54) is 11.3 Å². The molecule has 1 saturated heterocycles. The minimum atomic E-state index is 0.0317. The Balaban J connectivity index is 1.25. The summed E-state index contributed by atoms with van der Waals surface area (Å²) < 4.78 is 17.5. The fourth-order valence-corrected chi connectivity index (χ4v) is 4.31. The summed E-state index contributed by atoms with van der Waals surface area (Å²) in [4.78, 5) is 21.4. The molecular formula is C24H20N4O4S. The number of amides is 1. The van der Waals surface area contributed by atoms with Crippen molar-refractivity contribution in [3.05, 3.63) is 76.3 Å². The number of hydrogen-bond acceptors (Lipinski definition) is 8. The van der Waals surface area contributed by atoms with Gasteiger partial charge in [0.1, 0.15) is 24.2 Å². The van der Waals surface area contributed by atoms with Gasteiger partial charge in [-0.15, -0.1) is 11.3 Å². The molecule has 0 saturated carbocycles. The fourth-order valence-electron chi connectivity index (χ4n) is 3.61. The van der Waals surface area contributed by atoms with Gasteiger partial charge in [0.15, 0.2) is 5.76 Å². The molecule has 0 spiro atoms. The Morgan fingerprint density at radius 3 is 2.61 bits per heavy atom. The van der Waals surface area contributed by atoms with E-state index in [1.807, 2.05) is 57.6 Å². The van der Waals surface area contributed by atoms with Crippen LogP contribution in [0.15, 0.2) is 68.8 Å². The minimum absolute atomic E-state index is 0.0317. The second-order valence-corrected chi connectivity index (χ2v) is 8.36. The van der Waals surface area contributed by atoms with Crippen molar-refractivity contribution in [2.45, 2.75) is 6.61 Å². The SMILES string of the molecule is N#Cc1nc(-c2ccc(COc3ccccc3)o2)oc1N1CCN(C(=O)c2cccs2)CC1. The Morgan fingerprint density at radius 2 is 1.88 bits per heavy atom. The molecule has 1 aliphatic rings. The number of oxazole rings is 1. The van der Waals surface area contributed by atoms with E-state index in [0.717, 1.165) is 10.6 Å². The zero-order valence-corrected chi connectivity index (χ0v) is 18.5. The average molecular weight is 461 g/mol. The molecule has 0 unspecified atom stereocenters. The van der Waals surface area contributed by atoms with Gasteiger partial charge in [-0.1, -0.05) is 24.3 Å². The summed E-state index contributed by atoms with van der Waals surface area (Å²) in [6.45, 7) is 2.45. The number of furan rings is 1. The molecule has 0 aliphatic carbocycles. The molecule has 33 heavy (non-hydrogen) atoms. The topological polar surface area (TPSA) is 95.7 Å². The number of carbonyl (C=O) groups excluding carboxylic acids is 1. The van der Waals surface area contributed by atoms with Crippen LogP contribution >= 0.6 is 11.3 Å². The monoisotopic (exact) mass is 460 g/mol. The van der Waals surface area contributed by atoms with Crippen LogP contribution in [0.4, 0.5) is 5.88 Å². The van der Waals surface area contributed by atoms with E-state index in [2.05, 4.69) is 11.1 Å². The maximum absolute atomic E-state index is 12.6. The van der Waals surface area contributed by atoms with E-state index in [-0.39, 0.29) is 24.1 Å². The van der Waals surface area contributed by atoms with Crippen LogP contribution in [0.5, 0.6) is 5.75 Å². The molecule has 1 amide bonds. The third-order valence-electron chi connectivity index (χ3n) is 5.30. The summed E-state index contributed by atoms with van der Waals surface area (Å²) in [6.07, 6.45) is 0. The molecule has 0 bridgehead atoms. The highest BCUT2D eigenvalue weighted by Crippen LogP contribution is 2.30. The average Bonchev–Trinajstić information content (AvgIpc) is 3.63. The van der Waals surface area contributed by atoms with Gasteiger partial charge in [-0.3, -0.25) is 4.79 Å². The standard InChI is InChI=1S/C24H20N4O4S/c25-15-19-24(28-12-10-27(11-13-28)23(29)21-7-4-14-33-21)32-22(26-19)20-9-8-18(31-20)16-30-17-5-2-1-3-6-17/h1-9,14H,10-13,16H2. The third-order valence-corrected chi connectivity index (χ3v) is 6.16. The molecule has 9 heteroatoms. The van der Waals surface area contributed by atoms with Gasteiger partial charge in [0.05, 0.1) is 4.88 Å². The maximum atomic E-state index is 12.6. The van der Waals surface area contributed by atoms with E-state index >= 15 is 0 Å². The van der Waals surface area contributed by atoms with Gasteiger partial charge < -0.3 is 23.4 Å². The van der Waals surface area contributed by atoms with Crippen LogP contribution in [0.1, 0.15) is 21.1 Å². The minimum Gasteiger partial charge on any atom is -0.486 e. The summed E-state index contributed by atoms with van der Waals surface area (Å²) >= 11 is 1.44. The second kappa shape index (κ2) is 9.22. The first kappa shape index (κ1) is 20.8. The zero-order valence-electron chi connectivity index (χ0n) is 17.6. The summed E-state index contributed by atoms with van der Waals surface area (Å²) in [5, 5.41) is 11.5. The van der Waals surface area contributed by atoms with Gasteiger partial charge in [0, 0.05) is 26.2 Å². The van der Waals surface area contributed by atoms with Gasteiger partial charge in [0.2, 0.25) is 11.6 Å². The van der Waals surface area contributed by atoms with Gasteiger partial charge in [0.25, 0.3) is 11.8 Å². The Hall–Kier alpha value is -4.03. The number of anilines is 1. The summed E-state index contributed by atoms with van der Waals surface area (Å²) in [6, 6.07) is 18.8. The number of ether oxygens (including phenoxy) is 1. The first-order chi connectivity index (χ1) is 16.2. The Labute approximate surface area is 194 Å². The quantitative estimate of drug-likeness (QED) is 0.421. The molecule has 3 aromatic heterocycles. The predicted octanol–water partition coefficient (Wildman–Crippen LogP) is 4.41. The number of thiophene rings is 1. The van der Waals surface area contributed by atoms with E-state index < -0.39 is 0 Å². The lowest BCUT2D eigenvalue weighted by molar-refractivity contribution is 0.0750. The van der Waals surface area contributed by atoms with Crippen molar-refractivity contribution >= 4 is 23.1 Å². The zero-order chi connectivity index (χ0) is 22.6. The van der Waals surface area contributed by atoms with E-state index in [1.54, 1.807) is 12.1 Å². The molecule has 5 rings (SSSR count). The van der Waals surface area contributed by atoms with Gasteiger partial charge >= 0.3 is 0 Å². The highest BCUT2D eigenvalue weighted by molar-refractivity contribution is 7.12. The lowest BCUT2D eigenvalue weighted by Gasteiger charge is -2.34. The van der Waals surface area contributed by atoms with Crippen molar-refractivity contribution in [1.82, 2.24) is 9.88 Å². The van der Waals surface area contributed by atoms with E-state index in [9.17, 15) is 10.1 Å². The Kier molecular flexibility index (Phi) is 5.83. The van der Waals surface area contributed by atoms with Crippen LogP contribution in [0.25, 0.3) is 11.7 Å². The second-order valence-electron chi connectivity index (χ2n) is 7.41. The molecule has 1 aliphatic heterocycles. The van der Waals surface area contributed by atoms with Crippen molar-refractivity contribution < 1.29 is 18.4 Å². The predicted molar refractivity (Wildman–Crippen MR) is 122 cm³/mol. The summed E-state index contributed by atoms with van der Waals surface area (Å²) in [5.74, 6) is 2.46. The van der Waals surface area contributed by atoms with Crippen LogP contribution in [0.3, 0.4) is 0 Å². The smallest absolute Gasteiger partial charge is 0.266 e. The number of benzene rings is 1. The first-order valence-corrected chi connectivity index (χ1v) is 11.3. The molecule has 166 valence electrons. The molecule has 0 N–H and O–H groups in total. The summed E-state index contributed by atoms with van der Waals surface area (Å²) in [7, 11) is 0. The number of nitrogens with zero attached hydrogens (tertiary/aromatic N) is 4. The first-order valence-electron chi connectivity index (χ1n) is 10.5. The fraction of sp³-hybridized carbons (Fsp3) is 0.208. The third kappa shape index (κ3) is 4.47. The Morgan fingerprint density at radius 1 is 1.06 bits per heavy atom. The van der Waals surface area contributed by atoms with Crippen LogP contribution in [-0.2, 0) is 6.61 Å². The van der Waals surface area contributed by atoms with Crippen LogP contribution in [0, 0.1) is 11.3 Å². The van der Waals surface area contributed by atoms with E-state index in [0.29, 0.717) is 43.6 Å². The van der Waals surface area contributed by atoms with Crippen LogP contribution < -0.4 is 9.64 Å². The lowest BCUT2D eigenvalue weighted by atomic mass is 10.3. The molecule has 1 fully saturated rings. The number of nitriles is 1. The Bertz CT molecular complexity index is 1270. The number of carbonyl (C=O) groups is 1. The van der Waals surface area contributed by atoms with Gasteiger partial charge in [-0.05, 0) is 35.7 Å². The highest BCUT2D eigenvalue weighted by atomic mass is 32.1. The van der Waals surface area contributed by atoms with Crippen LogP contribution in [-0.4, -0.2) is 42.0 Å². The maximum Gasteiger partial charge on any atom is 0.266 e. The van der Waals surface area contributed by atoms with E-state index in [4.69, 9.17) is 13.6 Å². The van der Waals surface area contributed by atoms with Crippen molar-refractivity contribution in [2.75, 3.05) is 31.1 Å². The van der Waals surface area contributed by atoms with Crippen molar-refractivity contribution in [1.29, 1.82) is 5.26 Å². The molecule has 0 atom stereocenters. The highest BCUT2D eigenvalue weighted by Gasteiger charge is 2.28. The van der Waals surface area contributed by atoms with Crippen molar-refractivity contribution in [2.24, 2.45) is 0 Å². The van der Waals surface area contributed by atoms with Crippen molar-refractivity contribution in [3.63, 3.8) is 0 Å².